The fraction of sp³-hybridized carbons (Fsp3) is 0.435. The number of hydrogen-bond donors (Lipinski definition) is 2. The van der Waals surface area contributed by atoms with Gasteiger partial charge in [-0.3, -0.25) is 4.99 Å². The zero-order chi connectivity index (χ0) is 19.0. The minimum atomic E-state index is -0.209. The Morgan fingerprint density at radius 3 is 2.63 bits per heavy atom. The zero-order valence-corrected chi connectivity index (χ0v) is 16.4. The maximum atomic E-state index is 13.5. The molecule has 1 saturated carbocycles. The molecule has 0 radical (unpaired) electrons. The minimum Gasteiger partial charge on any atom is -0.371 e. The number of amidine groups is 1. The summed E-state index contributed by atoms with van der Waals surface area (Å²) in [7, 11) is 0. The van der Waals surface area contributed by atoms with Gasteiger partial charge >= 0.3 is 0 Å². The summed E-state index contributed by atoms with van der Waals surface area (Å²) in [4.78, 5) is 4.95. The van der Waals surface area contributed by atoms with Crippen LogP contribution in [0.25, 0.3) is 0 Å². The van der Waals surface area contributed by atoms with E-state index in [4.69, 9.17) is 4.99 Å². The van der Waals surface area contributed by atoms with Gasteiger partial charge in [-0.05, 0) is 73.6 Å². The standard InChI is InChI=1S/C23H28FN3/c1-15-11-20-21(12-16(15)2)27-23(10-5-4-7-17(23)3)22(26-20)25-14-18-8-6-9-19(24)13-18/h6,8-9,11-13,17,27H,4-5,7,10,14H2,1-3H3,(H,25,26). The zero-order valence-electron chi connectivity index (χ0n) is 16.4. The van der Waals surface area contributed by atoms with Gasteiger partial charge in [0.2, 0.25) is 0 Å². The second kappa shape index (κ2) is 6.99. The maximum absolute atomic E-state index is 13.5. The molecule has 1 fully saturated rings. The molecule has 0 saturated heterocycles. The summed E-state index contributed by atoms with van der Waals surface area (Å²) < 4.78 is 13.5. The van der Waals surface area contributed by atoms with E-state index in [1.807, 2.05) is 6.07 Å². The molecule has 0 bridgehead atoms. The van der Waals surface area contributed by atoms with Gasteiger partial charge < -0.3 is 10.6 Å². The second-order valence-electron chi connectivity index (χ2n) is 8.14. The van der Waals surface area contributed by atoms with Crippen molar-refractivity contribution in [1.82, 2.24) is 0 Å². The van der Waals surface area contributed by atoms with Crippen LogP contribution in [0.4, 0.5) is 15.8 Å². The van der Waals surface area contributed by atoms with Gasteiger partial charge in [0.25, 0.3) is 0 Å². The number of nitrogens with one attached hydrogen (secondary N) is 2. The molecule has 1 spiro atoms. The summed E-state index contributed by atoms with van der Waals surface area (Å²) >= 11 is 0. The third kappa shape index (κ3) is 3.33. The van der Waals surface area contributed by atoms with Crippen molar-refractivity contribution in [1.29, 1.82) is 0 Å². The Balaban J connectivity index is 1.74. The Morgan fingerprint density at radius 2 is 1.89 bits per heavy atom. The number of nitrogens with zero attached hydrogens (tertiary/aromatic N) is 1. The van der Waals surface area contributed by atoms with Crippen LogP contribution in [0.15, 0.2) is 41.4 Å². The van der Waals surface area contributed by atoms with Gasteiger partial charge in [0.15, 0.2) is 0 Å². The molecule has 0 amide bonds. The highest BCUT2D eigenvalue weighted by atomic mass is 19.1. The first-order valence-electron chi connectivity index (χ1n) is 9.94. The van der Waals surface area contributed by atoms with Crippen molar-refractivity contribution in [3.05, 3.63) is 58.9 Å². The number of aryl methyl sites for hydroxylation is 2. The van der Waals surface area contributed by atoms with Crippen LogP contribution < -0.4 is 10.6 Å². The van der Waals surface area contributed by atoms with Crippen LogP contribution >= 0.6 is 0 Å². The molecule has 2 atom stereocenters. The third-order valence-electron chi connectivity index (χ3n) is 6.28. The van der Waals surface area contributed by atoms with Gasteiger partial charge in [-0.15, -0.1) is 0 Å². The minimum absolute atomic E-state index is 0.166. The van der Waals surface area contributed by atoms with Crippen molar-refractivity contribution >= 4 is 17.2 Å². The average Bonchev–Trinajstić information content (AvgIpc) is 2.64. The molecule has 0 aromatic heterocycles. The molecule has 2 aliphatic rings. The Morgan fingerprint density at radius 1 is 1.11 bits per heavy atom. The van der Waals surface area contributed by atoms with Crippen molar-refractivity contribution in [3.63, 3.8) is 0 Å². The van der Waals surface area contributed by atoms with Crippen molar-refractivity contribution in [3.8, 4) is 0 Å². The van der Waals surface area contributed by atoms with E-state index in [0.29, 0.717) is 12.5 Å². The van der Waals surface area contributed by atoms with Crippen LogP contribution in [0.5, 0.6) is 0 Å². The highest BCUT2D eigenvalue weighted by molar-refractivity contribution is 6.10. The summed E-state index contributed by atoms with van der Waals surface area (Å²) in [5, 5.41) is 7.50. The maximum Gasteiger partial charge on any atom is 0.127 e. The summed E-state index contributed by atoms with van der Waals surface area (Å²) in [5.74, 6) is 1.27. The van der Waals surface area contributed by atoms with Crippen LogP contribution in [0.2, 0.25) is 0 Å². The lowest BCUT2D eigenvalue weighted by molar-refractivity contribution is 0.296. The van der Waals surface area contributed by atoms with Crippen LogP contribution in [-0.2, 0) is 6.54 Å². The van der Waals surface area contributed by atoms with E-state index in [0.717, 1.165) is 29.2 Å². The summed E-state index contributed by atoms with van der Waals surface area (Å²) in [5.41, 5.74) is 5.53. The van der Waals surface area contributed by atoms with Crippen molar-refractivity contribution in [2.24, 2.45) is 10.9 Å². The predicted octanol–water partition coefficient (Wildman–Crippen LogP) is 5.83. The summed E-state index contributed by atoms with van der Waals surface area (Å²) in [6.07, 6.45) is 4.71. The number of benzene rings is 2. The van der Waals surface area contributed by atoms with Crippen molar-refractivity contribution in [2.45, 2.75) is 58.5 Å². The first-order chi connectivity index (χ1) is 13.0. The Bertz CT molecular complexity index is 889. The normalized spacial score (nSPS) is 25.8. The highest BCUT2D eigenvalue weighted by Gasteiger charge is 2.45. The quantitative estimate of drug-likeness (QED) is 0.703. The molecule has 27 heavy (non-hydrogen) atoms. The molecular weight excluding hydrogens is 337 g/mol. The molecule has 4 heteroatoms. The first kappa shape index (κ1) is 18.0. The number of anilines is 2. The lowest BCUT2D eigenvalue weighted by Crippen LogP contribution is -2.58. The fourth-order valence-corrected chi connectivity index (χ4v) is 4.43. The molecule has 1 aliphatic heterocycles. The van der Waals surface area contributed by atoms with E-state index in [1.165, 1.54) is 36.5 Å². The van der Waals surface area contributed by atoms with Crippen molar-refractivity contribution in [2.75, 3.05) is 10.6 Å². The number of halogens is 1. The summed E-state index contributed by atoms with van der Waals surface area (Å²) in [6.45, 7) is 7.09. The molecule has 4 rings (SSSR count). The molecule has 1 aliphatic carbocycles. The number of fused-ring (bicyclic) bond motifs is 1. The second-order valence-corrected chi connectivity index (χ2v) is 8.14. The lowest BCUT2D eigenvalue weighted by Gasteiger charge is -2.48. The molecule has 142 valence electrons. The van der Waals surface area contributed by atoms with E-state index in [2.05, 4.69) is 43.5 Å². The molecular formula is C23H28FN3. The number of hydrogen-bond acceptors (Lipinski definition) is 2. The first-order valence-corrected chi connectivity index (χ1v) is 9.94. The number of aliphatic imine (C=N–C) groups is 1. The summed E-state index contributed by atoms with van der Waals surface area (Å²) in [6, 6.07) is 11.2. The largest absolute Gasteiger partial charge is 0.371 e. The SMILES string of the molecule is Cc1cc2c(cc1C)NC1(CCCCC1C)C(=NCc1cccc(F)c1)N2. The van der Waals surface area contributed by atoms with Gasteiger partial charge in [-0.2, -0.15) is 0 Å². The Kier molecular flexibility index (Phi) is 4.67. The van der Waals surface area contributed by atoms with E-state index in [1.54, 1.807) is 12.1 Å². The van der Waals surface area contributed by atoms with E-state index in [-0.39, 0.29) is 11.4 Å². The van der Waals surface area contributed by atoms with Crippen LogP contribution in [0.1, 0.15) is 49.3 Å². The predicted molar refractivity (Wildman–Crippen MR) is 111 cm³/mol. The van der Waals surface area contributed by atoms with E-state index >= 15 is 0 Å². The van der Waals surface area contributed by atoms with Gasteiger partial charge in [0.05, 0.1) is 23.5 Å². The van der Waals surface area contributed by atoms with E-state index < -0.39 is 0 Å². The van der Waals surface area contributed by atoms with Crippen LogP contribution in [-0.4, -0.2) is 11.4 Å². The smallest absolute Gasteiger partial charge is 0.127 e. The average molecular weight is 365 g/mol. The fourth-order valence-electron chi connectivity index (χ4n) is 4.43. The molecule has 2 aromatic rings. The van der Waals surface area contributed by atoms with Crippen LogP contribution in [0, 0.1) is 25.6 Å². The van der Waals surface area contributed by atoms with Gasteiger partial charge in [0, 0.05) is 0 Å². The number of rotatable bonds is 2. The molecule has 2 unspecified atom stereocenters. The molecule has 2 N–H and O–H groups in total. The van der Waals surface area contributed by atoms with Gasteiger partial charge in [0.1, 0.15) is 11.7 Å². The molecule has 2 aromatic carbocycles. The topological polar surface area (TPSA) is 36.4 Å². The molecule has 3 nitrogen and oxygen atoms in total. The van der Waals surface area contributed by atoms with E-state index in [9.17, 15) is 4.39 Å². The third-order valence-corrected chi connectivity index (χ3v) is 6.28. The Hall–Kier alpha value is -2.36. The van der Waals surface area contributed by atoms with Gasteiger partial charge in [-0.1, -0.05) is 31.9 Å². The Labute approximate surface area is 161 Å². The van der Waals surface area contributed by atoms with Gasteiger partial charge in [-0.25, -0.2) is 4.39 Å². The lowest BCUT2D eigenvalue weighted by atomic mass is 9.71. The molecule has 1 heterocycles. The van der Waals surface area contributed by atoms with Crippen LogP contribution in [0.3, 0.4) is 0 Å². The van der Waals surface area contributed by atoms with Crippen molar-refractivity contribution < 1.29 is 4.39 Å². The monoisotopic (exact) mass is 365 g/mol. The highest BCUT2D eigenvalue weighted by Crippen LogP contribution is 2.43.